The smallest absolute Gasteiger partial charge is 0.260 e. The zero-order valence-corrected chi connectivity index (χ0v) is 13.9. The van der Waals surface area contributed by atoms with E-state index in [9.17, 15) is 4.79 Å². The fourth-order valence-electron chi connectivity index (χ4n) is 1.32. The Morgan fingerprint density at radius 2 is 2.00 bits per heavy atom. The Labute approximate surface area is 135 Å². The van der Waals surface area contributed by atoms with Crippen LogP contribution in [0.15, 0.2) is 18.2 Å². The van der Waals surface area contributed by atoms with E-state index < -0.39 is 6.10 Å². The number of rotatable bonds is 6. The van der Waals surface area contributed by atoms with Crippen molar-refractivity contribution >= 4 is 41.5 Å². The lowest BCUT2D eigenvalue weighted by Crippen LogP contribution is -2.42. The van der Waals surface area contributed by atoms with E-state index in [1.54, 1.807) is 25.1 Å². The molecule has 0 bridgehead atoms. The maximum absolute atomic E-state index is 11.8. The molecular formula is C13H19Cl3N2O2. The third kappa shape index (κ3) is 5.75. The van der Waals surface area contributed by atoms with Crippen LogP contribution in [0.4, 0.5) is 0 Å². The summed E-state index contributed by atoms with van der Waals surface area (Å²) in [5.74, 6) is 0.205. The first-order valence-corrected chi connectivity index (χ1v) is 6.77. The fourth-order valence-corrected chi connectivity index (χ4v) is 1.65. The molecule has 7 heteroatoms. The van der Waals surface area contributed by atoms with Crippen LogP contribution in [0.5, 0.6) is 5.75 Å². The summed E-state index contributed by atoms with van der Waals surface area (Å²) >= 11 is 11.9. The van der Waals surface area contributed by atoms with E-state index in [0.29, 0.717) is 22.3 Å². The van der Waals surface area contributed by atoms with E-state index in [0.717, 1.165) is 0 Å². The van der Waals surface area contributed by atoms with Crippen LogP contribution in [0.25, 0.3) is 0 Å². The minimum absolute atomic E-state index is 0. The lowest BCUT2D eigenvalue weighted by Gasteiger charge is -2.17. The van der Waals surface area contributed by atoms with Gasteiger partial charge in [-0.1, -0.05) is 29.3 Å². The zero-order chi connectivity index (χ0) is 14.4. The molecule has 1 amide bonds. The molecule has 0 heterocycles. The van der Waals surface area contributed by atoms with Gasteiger partial charge >= 0.3 is 0 Å². The summed E-state index contributed by atoms with van der Waals surface area (Å²) in [5, 5.41) is 6.53. The first-order valence-electron chi connectivity index (χ1n) is 6.01. The Hall–Kier alpha value is -0.680. The molecule has 0 spiro atoms. The van der Waals surface area contributed by atoms with Crippen LogP contribution in [0.2, 0.25) is 10.0 Å². The molecule has 0 aliphatic rings. The van der Waals surface area contributed by atoms with Gasteiger partial charge in [0.05, 0.1) is 5.02 Å². The normalized spacial score (nSPS) is 13.1. The maximum atomic E-state index is 11.8. The summed E-state index contributed by atoms with van der Waals surface area (Å²) < 4.78 is 5.50. The molecule has 2 unspecified atom stereocenters. The molecule has 0 radical (unpaired) electrons. The van der Waals surface area contributed by atoms with Crippen molar-refractivity contribution in [3.63, 3.8) is 0 Å². The molecule has 0 aliphatic carbocycles. The SMILES string of the molecule is CNC(C)CNC(=O)C(C)Oc1cccc(Cl)c1Cl.Cl. The molecule has 4 nitrogen and oxygen atoms in total. The van der Waals surface area contributed by atoms with Crippen molar-refractivity contribution in [1.82, 2.24) is 10.6 Å². The Balaban J connectivity index is 0.00000361. The minimum atomic E-state index is -0.639. The first-order chi connectivity index (χ1) is 8.95. The molecule has 0 aliphatic heterocycles. The zero-order valence-electron chi connectivity index (χ0n) is 11.6. The van der Waals surface area contributed by atoms with E-state index in [2.05, 4.69) is 10.6 Å². The summed E-state index contributed by atoms with van der Waals surface area (Å²) in [5.41, 5.74) is 0. The van der Waals surface area contributed by atoms with Gasteiger partial charge in [-0.25, -0.2) is 0 Å². The van der Waals surface area contributed by atoms with Crippen LogP contribution >= 0.6 is 35.6 Å². The van der Waals surface area contributed by atoms with Gasteiger partial charge in [-0.2, -0.15) is 0 Å². The molecule has 1 rings (SSSR count). The summed E-state index contributed by atoms with van der Waals surface area (Å²) in [7, 11) is 1.84. The van der Waals surface area contributed by atoms with Crippen molar-refractivity contribution < 1.29 is 9.53 Å². The standard InChI is InChI=1S/C13H18Cl2N2O2.ClH/c1-8(16-3)7-17-13(18)9(2)19-11-6-4-5-10(14)12(11)15;/h4-6,8-9,16H,7H2,1-3H3,(H,17,18);1H. The highest BCUT2D eigenvalue weighted by Crippen LogP contribution is 2.31. The molecule has 1 aromatic rings. The summed E-state index contributed by atoms with van der Waals surface area (Å²) in [6.07, 6.45) is -0.639. The van der Waals surface area contributed by atoms with Gasteiger partial charge in [0.25, 0.3) is 5.91 Å². The van der Waals surface area contributed by atoms with Crippen molar-refractivity contribution in [3.05, 3.63) is 28.2 Å². The number of nitrogens with one attached hydrogen (secondary N) is 2. The number of halogens is 3. The third-order valence-electron chi connectivity index (χ3n) is 2.66. The Bertz CT molecular complexity index is 444. The van der Waals surface area contributed by atoms with E-state index in [1.807, 2.05) is 14.0 Å². The number of likely N-dealkylation sites (N-methyl/N-ethyl adjacent to an activating group) is 1. The molecular weight excluding hydrogens is 323 g/mol. The predicted molar refractivity (Wildman–Crippen MR) is 85.3 cm³/mol. The van der Waals surface area contributed by atoms with Gasteiger partial charge < -0.3 is 15.4 Å². The van der Waals surface area contributed by atoms with Crippen molar-refractivity contribution in [2.75, 3.05) is 13.6 Å². The summed E-state index contributed by atoms with van der Waals surface area (Å²) in [6, 6.07) is 5.26. The van der Waals surface area contributed by atoms with E-state index in [1.165, 1.54) is 0 Å². The molecule has 1 aromatic carbocycles. The summed E-state index contributed by atoms with van der Waals surface area (Å²) in [6.45, 7) is 4.17. The van der Waals surface area contributed by atoms with Crippen LogP contribution in [-0.2, 0) is 4.79 Å². The van der Waals surface area contributed by atoms with Gasteiger partial charge in [-0.15, -0.1) is 12.4 Å². The van der Waals surface area contributed by atoms with E-state index in [4.69, 9.17) is 27.9 Å². The lowest BCUT2D eigenvalue weighted by molar-refractivity contribution is -0.127. The lowest BCUT2D eigenvalue weighted by atomic mass is 10.3. The second kappa shape index (κ2) is 9.29. The molecule has 2 atom stereocenters. The van der Waals surface area contributed by atoms with Crippen LogP contribution in [0.1, 0.15) is 13.8 Å². The predicted octanol–water partition coefficient (Wildman–Crippen LogP) is 2.91. The first kappa shape index (κ1) is 19.3. The van der Waals surface area contributed by atoms with Gasteiger partial charge in [-0.05, 0) is 33.0 Å². The number of ether oxygens (including phenoxy) is 1. The van der Waals surface area contributed by atoms with Crippen LogP contribution in [-0.4, -0.2) is 31.6 Å². The number of hydrogen-bond acceptors (Lipinski definition) is 3. The quantitative estimate of drug-likeness (QED) is 0.836. The average Bonchev–Trinajstić information content (AvgIpc) is 2.40. The van der Waals surface area contributed by atoms with Crippen molar-refractivity contribution in [1.29, 1.82) is 0 Å². The topological polar surface area (TPSA) is 50.4 Å². The Morgan fingerprint density at radius 1 is 1.35 bits per heavy atom. The van der Waals surface area contributed by atoms with E-state index in [-0.39, 0.29) is 24.4 Å². The molecule has 0 saturated heterocycles. The largest absolute Gasteiger partial charge is 0.479 e. The number of amides is 1. The van der Waals surface area contributed by atoms with E-state index >= 15 is 0 Å². The van der Waals surface area contributed by atoms with Crippen LogP contribution in [0, 0.1) is 0 Å². The van der Waals surface area contributed by atoms with Crippen molar-refractivity contribution in [2.24, 2.45) is 0 Å². The number of carbonyl (C=O) groups excluding carboxylic acids is 1. The highest BCUT2D eigenvalue weighted by Gasteiger charge is 2.17. The molecule has 0 fully saturated rings. The second-order valence-electron chi connectivity index (χ2n) is 4.25. The Morgan fingerprint density at radius 3 is 2.60 bits per heavy atom. The highest BCUT2D eigenvalue weighted by atomic mass is 35.5. The Kier molecular flexibility index (Phi) is 8.98. The van der Waals surface area contributed by atoms with Gasteiger partial charge in [0.15, 0.2) is 6.10 Å². The average molecular weight is 342 g/mol. The van der Waals surface area contributed by atoms with Crippen LogP contribution in [0.3, 0.4) is 0 Å². The number of hydrogen-bond donors (Lipinski definition) is 2. The van der Waals surface area contributed by atoms with Gasteiger partial charge in [0.1, 0.15) is 10.8 Å². The van der Waals surface area contributed by atoms with Gasteiger partial charge in [0.2, 0.25) is 0 Å². The van der Waals surface area contributed by atoms with Gasteiger partial charge in [0, 0.05) is 12.6 Å². The second-order valence-corrected chi connectivity index (χ2v) is 5.03. The molecule has 20 heavy (non-hydrogen) atoms. The molecule has 2 N–H and O–H groups in total. The van der Waals surface area contributed by atoms with Crippen LogP contribution < -0.4 is 15.4 Å². The molecule has 0 saturated carbocycles. The molecule has 114 valence electrons. The maximum Gasteiger partial charge on any atom is 0.260 e. The monoisotopic (exact) mass is 340 g/mol. The molecule has 0 aromatic heterocycles. The highest BCUT2D eigenvalue weighted by molar-refractivity contribution is 6.42. The number of benzene rings is 1. The summed E-state index contributed by atoms with van der Waals surface area (Å²) in [4.78, 5) is 11.8. The fraction of sp³-hybridized carbons (Fsp3) is 0.462. The van der Waals surface area contributed by atoms with Gasteiger partial charge in [-0.3, -0.25) is 4.79 Å². The van der Waals surface area contributed by atoms with Crippen molar-refractivity contribution in [2.45, 2.75) is 26.0 Å². The minimum Gasteiger partial charge on any atom is -0.479 e. The van der Waals surface area contributed by atoms with Crippen molar-refractivity contribution in [3.8, 4) is 5.75 Å². The third-order valence-corrected chi connectivity index (χ3v) is 3.47. The number of carbonyl (C=O) groups is 1.